The van der Waals surface area contributed by atoms with Gasteiger partial charge in [0, 0.05) is 20.0 Å². The van der Waals surface area contributed by atoms with Crippen LogP contribution < -0.4 is 10.1 Å². The molecule has 154 valence electrons. The largest absolute Gasteiger partial charge is 0.497 e. The van der Waals surface area contributed by atoms with E-state index in [4.69, 9.17) is 4.74 Å². The van der Waals surface area contributed by atoms with E-state index >= 15 is 0 Å². The molecule has 0 heterocycles. The van der Waals surface area contributed by atoms with Gasteiger partial charge in [-0.25, -0.2) is 0 Å². The molecule has 0 spiro atoms. The molecule has 0 aliphatic heterocycles. The second kappa shape index (κ2) is 10.3. The summed E-state index contributed by atoms with van der Waals surface area (Å²) in [7, 11) is 3.39. The molecular weight excluding hydrogens is 376 g/mol. The van der Waals surface area contributed by atoms with Crippen LogP contribution >= 0.6 is 0 Å². The van der Waals surface area contributed by atoms with Crippen molar-refractivity contribution in [3.05, 3.63) is 95.6 Å². The first kappa shape index (κ1) is 21.1. The molecule has 0 saturated carbocycles. The summed E-state index contributed by atoms with van der Waals surface area (Å²) < 4.78 is 5.15. The Morgan fingerprint density at radius 3 is 2.23 bits per heavy atom. The Morgan fingerprint density at radius 2 is 1.53 bits per heavy atom. The molecule has 1 N–H and O–H groups in total. The zero-order valence-electron chi connectivity index (χ0n) is 17.3. The van der Waals surface area contributed by atoms with Gasteiger partial charge in [-0.3, -0.25) is 9.59 Å². The normalized spacial score (nSPS) is 10.3. The van der Waals surface area contributed by atoms with Crippen LogP contribution in [0.3, 0.4) is 0 Å². The maximum absolute atomic E-state index is 13.0. The topological polar surface area (TPSA) is 58.6 Å². The summed E-state index contributed by atoms with van der Waals surface area (Å²) in [5, 5.41) is 2.89. The summed E-state index contributed by atoms with van der Waals surface area (Å²) in [5.41, 5.74) is 3.11. The summed E-state index contributed by atoms with van der Waals surface area (Å²) >= 11 is 0. The van der Waals surface area contributed by atoms with Crippen LogP contribution in [0.25, 0.3) is 0 Å². The van der Waals surface area contributed by atoms with Crippen molar-refractivity contribution < 1.29 is 14.3 Å². The number of methoxy groups -OCH3 is 1. The van der Waals surface area contributed by atoms with Crippen molar-refractivity contribution in [1.29, 1.82) is 0 Å². The lowest BCUT2D eigenvalue weighted by Crippen LogP contribution is -2.27. The molecule has 0 unspecified atom stereocenters. The molecule has 3 rings (SSSR count). The monoisotopic (exact) mass is 402 g/mol. The molecule has 0 fully saturated rings. The molecule has 0 saturated heterocycles. The highest BCUT2D eigenvalue weighted by atomic mass is 16.5. The van der Waals surface area contributed by atoms with Gasteiger partial charge in [0.2, 0.25) is 5.91 Å². The maximum atomic E-state index is 13.0. The molecular formula is C25H26N2O3. The molecule has 3 aromatic rings. The third kappa shape index (κ3) is 5.70. The summed E-state index contributed by atoms with van der Waals surface area (Å²) in [4.78, 5) is 27.1. The smallest absolute Gasteiger partial charge is 0.256 e. The summed E-state index contributed by atoms with van der Waals surface area (Å²) in [5.74, 6) is 0.525. The minimum atomic E-state index is -0.134. The third-order valence-electron chi connectivity index (χ3n) is 4.84. The predicted molar refractivity (Wildman–Crippen MR) is 119 cm³/mol. The number of nitrogens with one attached hydrogen (secondary N) is 1. The van der Waals surface area contributed by atoms with Crippen molar-refractivity contribution >= 4 is 17.5 Å². The number of benzene rings is 3. The zero-order chi connectivity index (χ0) is 21.3. The molecule has 0 atom stereocenters. The number of amides is 2. The van der Waals surface area contributed by atoms with Gasteiger partial charge >= 0.3 is 0 Å². The van der Waals surface area contributed by atoms with Gasteiger partial charge in [-0.05, 0) is 41.8 Å². The molecule has 5 heteroatoms. The minimum Gasteiger partial charge on any atom is -0.497 e. The van der Waals surface area contributed by atoms with Gasteiger partial charge < -0.3 is 15.0 Å². The number of carbonyl (C=O) groups excluding carboxylic acids is 2. The summed E-state index contributed by atoms with van der Waals surface area (Å²) in [6.07, 6.45) is 0.939. The van der Waals surface area contributed by atoms with E-state index in [2.05, 4.69) is 5.32 Å². The van der Waals surface area contributed by atoms with Gasteiger partial charge in [0.05, 0.1) is 18.4 Å². The van der Waals surface area contributed by atoms with E-state index in [1.807, 2.05) is 60.7 Å². The van der Waals surface area contributed by atoms with Crippen LogP contribution in [0.5, 0.6) is 5.75 Å². The molecule has 0 radical (unpaired) electrons. The first-order valence-electron chi connectivity index (χ1n) is 9.88. The number of carbonyl (C=O) groups is 2. The van der Waals surface area contributed by atoms with E-state index in [9.17, 15) is 9.59 Å². The van der Waals surface area contributed by atoms with Crippen LogP contribution in [-0.2, 0) is 17.8 Å². The number of anilines is 1. The highest BCUT2D eigenvalue weighted by Gasteiger charge is 2.17. The van der Waals surface area contributed by atoms with Gasteiger partial charge in [0.1, 0.15) is 5.75 Å². The molecule has 2 amide bonds. The van der Waals surface area contributed by atoms with Crippen LogP contribution in [0, 0.1) is 0 Å². The van der Waals surface area contributed by atoms with Crippen LogP contribution in [0.2, 0.25) is 0 Å². The van der Waals surface area contributed by atoms with Crippen LogP contribution in [0.1, 0.15) is 27.9 Å². The van der Waals surface area contributed by atoms with Gasteiger partial charge in [0.15, 0.2) is 0 Å². The molecule has 0 aliphatic rings. The first-order valence-corrected chi connectivity index (χ1v) is 9.88. The zero-order valence-corrected chi connectivity index (χ0v) is 17.3. The third-order valence-corrected chi connectivity index (χ3v) is 4.84. The van der Waals surface area contributed by atoms with E-state index in [0.29, 0.717) is 30.6 Å². The highest BCUT2D eigenvalue weighted by Crippen LogP contribution is 2.19. The quantitative estimate of drug-likeness (QED) is 0.602. The molecule has 30 heavy (non-hydrogen) atoms. The maximum Gasteiger partial charge on any atom is 0.256 e. The minimum absolute atomic E-state index is 0.128. The van der Waals surface area contributed by atoms with Crippen LogP contribution in [-0.4, -0.2) is 30.9 Å². The lowest BCUT2D eigenvalue weighted by atomic mass is 10.1. The van der Waals surface area contributed by atoms with Crippen molar-refractivity contribution in [3.63, 3.8) is 0 Å². The van der Waals surface area contributed by atoms with Gasteiger partial charge in [-0.2, -0.15) is 0 Å². The number of nitrogens with zero attached hydrogens (tertiary/aromatic N) is 1. The fraction of sp³-hybridized carbons (Fsp3) is 0.200. The van der Waals surface area contributed by atoms with E-state index < -0.39 is 0 Å². The van der Waals surface area contributed by atoms with Gasteiger partial charge in [-0.15, -0.1) is 0 Å². The lowest BCUT2D eigenvalue weighted by Gasteiger charge is -2.19. The van der Waals surface area contributed by atoms with Crippen molar-refractivity contribution in [2.45, 2.75) is 19.4 Å². The first-order chi connectivity index (χ1) is 14.6. The van der Waals surface area contributed by atoms with E-state index in [1.165, 1.54) is 0 Å². The van der Waals surface area contributed by atoms with E-state index in [1.54, 1.807) is 37.3 Å². The van der Waals surface area contributed by atoms with Crippen LogP contribution in [0.4, 0.5) is 5.69 Å². The molecule has 0 aromatic heterocycles. The Bertz CT molecular complexity index is 985. The van der Waals surface area contributed by atoms with Crippen molar-refractivity contribution in [2.75, 3.05) is 19.5 Å². The highest BCUT2D eigenvalue weighted by molar-refractivity contribution is 6.03. The standard InChI is InChI=1S/C25H26N2O3/c1-27(18-20-8-4-3-5-9-20)25(29)22-10-6-7-11-23(22)26-24(28)17-14-19-12-15-21(30-2)16-13-19/h3-13,15-16H,14,17-18H2,1-2H3,(H,26,28). The SMILES string of the molecule is COc1ccc(CCC(=O)Nc2ccccc2C(=O)N(C)Cc2ccccc2)cc1. The Balaban J connectivity index is 1.62. The predicted octanol–water partition coefficient (Wildman–Crippen LogP) is 4.54. The number of ether oxygens (including phenoxy) is 1. The number of hydrogen-bond acceptors (Lipinski definition) is 3. The van der Waals surface area contributed by atoms with Gasteiger partial charge in [-0.1, -0.05) is 54.6 Å². The van der Waals surface area contributed by atoms with Gasteiger partial charge in [0.25, 0.3) is 5.91 Å². The number of rotatable bonds is 8. The average Bonchev–Trinajstić information content (AvgIpc) is 2.78. The number of para-hydroxylation sites is 1. The number of hydrogen-bond donors (Lipinski definition) is 1. The summed E-state index contributed by atoms with van der Waals surface area (Å²) in [6, 6.07) is 24.6. The Labute approximate surface area is 177 Å². The average molecular weight is 402 g/mol. The van der Waals surface area contributed by atoms with Crippen molar-refractivity contribution in [2.24, 2.45) is 0 Å². The Kier molecular flexibility index (Phi) is 7.22. The fourth-order valence-electron chi connectivity index (χ4n) is 3.18. The Hall–Kier alpha value is -3.60. The van der Waals surface area contributed by atoms with E-state index in [-0.39, 0.29) is 11.8 Å². The lowest BCUT2D eigenvalue weighted by molar-refractivity contribution is -0.116. The molecule has 5 nitrogen and oxygen atoms in total. The molecule has 0 aliphatic carbocycles. The van der Waals surface area contributed by atoms with Crippen molar-refractivity contribution in [3.8, 4) is 5.75 Å². The second-order valence-corrected chi connectivity index (χ2v) is 7.09. The molecule has 0 bridgehead atoms. The number of aryl methyl sites for hydroxylation is 1. The Morgan fingerprint density at radius 1 is 0.867 bits per heavy atom. The fourth-order valence-corrected chi connectivity index (χ4v) is 3.18. The molecule has 3 aromatic carbocycles. The van der Waals surface area contributed by atoms with E-state index in [0.717, 1.165) is 16.9 Å². The van der Waals surface area contributed by atoms with Crippen LogP contribution in [0.15, 0.2) is 78.9 Å². The van der Waals surface area contributed by atoms with Crippen molar-refractivity contribution in [1.82, 2.24) is 4.90 Å². The second-order valence-electron chi connectivity index (χ2n) is 7.09. The summed E-state index contributed by atoms with van der Waals surface area (Å²) in [6.45, 7) is 0.499.